The second kappa shape index (κ2) is 13.1. The van der Waals surface area contributed by atoms with Crippen LogP contribution in [0.4, 0.5) is 4.79 Å². The largest absolute Gasteiger partial charge is 0.478 e. The predicted octanol–water partition coefficient (Wildman–Crippen LogP) is 5.91. The molecule has 1 fully saturated rings. The standard InChI is InChI=1S/C25H46N2O4/c1-7-8-9-10-11-12-13-14-15-21(17-16-20(2)22(28)29)26-23(30)31-19-18-27-24(3,4)25(27,5)6/h21H,2,7-19H2,1,3-6H3,(H,26,30)(H,28,29). The number of carbonyl (C=O) groups is 2. The van der Waals surface area contributed by atoms with Gasteiger partial charge in [-0.15, -0.1) is 0 Å². The number of ether oxygens (including phenoxy) is 1. The molecule has 6 nitrogen and oxygen atoms in total. The molecule has 6 heteroatoms. The van der Waals surface area contributed by atoms with E-state index in [1.165, 1.54) is 38.5 Å². The van der Waals surface area contributed by atoms with Crippen molar-refractivity contribution in [2.24, 2.45) is 0 Å². The number of nitrogens with one attached hydrogen (secondary N) is 1. The van der Waals surface area contributed by atoms with Crippen molar-refractivity contribution in [1.29, 1.82) is 0 Å². The van der Waals surface area contributed by atoms with Crippen molar-refractivity contribution < 1.29 is 19.4 Å². The number of carbonyl (C=O) groups excluding carboxylic acids is 1. The average molecular weight is 439 g/mol. The van der Waals surface area contributed by atoms with E-state index in [1.807, 2.05) is 0 Å². The number of aliphatic carboxylic acids is 1. The Labute approximate surface area is 189 Å². The second-order valence-electron chi connectivity index (χ2n) is 9.96. The zero-order chi connectivity index (χ0) is 23.5. The number of alkyl carbamates (subject to hydrolysis) is 1. The van der Waals surface area contributed by atoms with E-state index in [0.717, 1.165) is 19.3 Å². The van der Waals surface area contributed by atoms with Crippen LogP contribution in [-0.4, -0.2) is 52.3 Å². The van der Waals surface area contributed by atoms with Crippen LogP contribution >= 0.6 is 0 Å². The highest BCUT2D eigenvalue weighted by atomic mass is 16.5. The summed E-state index contributed by atoms with van der Waals surface area (Å²) in [6.07, 6.45) is 11.2. The maximum absolute atomic E-state index is 12.3. The van der Waals surface area contributed by atoms with Gasteiger partial charge < -0.3 is 15.2 Å². The van der Waals surface area contributed by atoms with Crippen LogP contribution in [0.1, 0.15) is 105 Å². The predicted molar refractivity (Wildman–Crippen MR) is 126 cm³/mol. The molecule has 31 heavy (non-hydrogen) atoms. The van der Waals surface area contributed by atoms with E-state index in [-0.39, 0.29) is 22.7 Å². The van der Waals surface area contributed by atoms with Crippen LogP contribution in [-0.2, 0) is 9.53 Å². The summed E-state index contributed by atoms with van der Waals surface area (Å²) in [5.74, 6) is -0.975. The van der Waals surface area contributed by atoms with Gasteiger partial charge in [-0.05, 0) is 47.0 Å². The molecule has 180 valence electrons. The van der Waals surface area contributed by atoms with Crippen molar-refractivity contribution in [3.8, 4) is 0 Å². The maximum atomic E-state index is 12.3. The molecule has 0 bridgehead atoms. The number of unbranched alkanes of at least 4 members (excludes halogenated alkanes) is 7. The Morgan fingerprint density at radius 2 is 1.52 bits per heavy atom. The second-order valence-corrected chi connectivity index (χ2v) is 9.96. The quantitative estimate of drug-likeness (QED) is 0.168. The SMILES string of the molecule is C=C(CCC(CCCCCCCCCC)NC(=O)OCCN1C(C)(C)C1(C)C)C(=O)O. The van der Waals surface area contributed by atoms with Gasteiger partial charge in [0, 0.05) is 29.2 Å². The Morgan fingerprint density at radius 3 is 2.03 bits per heavy atom. The first kappa shape index (κ1) is 27.5. The smallest absolute Gasteiger partial charge is 0.407 e. The van der Waals surface area contributed by atoms with Gasteiger partial charge in [-0.3, -0.25) is 4.90 Å². The normalized spacial score (nSPS) is 17.7. The number of amides is 1. The van der Waals surface area contributed by atoms with Crippen LogP contribution in [0.2, 0.25) is 0 Å². The summed E-state index contributed by atoms with van der Waals surface area (Å²) in [6, 6.07) is -0.0854. The molecule has 1 saturated heterocycles. The number of rotatable bonds is 17. The summed E-state index contributed by atoms with van der Waals surface area (Å²) < 4.78 is 5.42. The van der Waals surface area contributed by atoms with Crippen LogP contribution in [0.25, 0.3) is 0 Å². The lowest BCUT2D eigenvalue weighted by atomic mass is 10.00. The minimum Gasteiger partial charge on any atom is -0.478 e. The number of carboxylic acid groups (broad SMARTS) is 1. The Balaban J connectivity index is 2.34. The molecule has 1 amide bonds. The number of hydrogen-bond acceptors (Lipinski definition) is 4. The Morgan fingerprint density at radius 1 is 0.968 bits per heavy atom. The van der Waals surface area contributed by atoms with E-state index in [1.54, 1.807) is 0 Å². The molecule has 0 aromatic rings. The fourth-order valence-corrected chi connectivity index (χ4v) is 4.29. The lowest BCUT2D eigenvalue weighted by Crippen LogP contribution is -2.36. The number of nitrogens with zero attached hydrogens (tertiary/aromatic N) is 1. The van der Waals surface area contributed by atoms with Crippen molar-refractivity contribution in [2.45, 2.75) is 122 Å². The lowest BCUT2D eigenvalue weighted by molar-refractivity contribution is -0.132. The van der Waals surface area contributed by atoms with Gasteiger partial charge in [-0.1, -0.05) is 64.9 Å². The van der Waals surface area contributed by atoms with Crippen molar-refractivity contribution in [3.63, 3.8) is 0 Å². The third-order valence-electron chi connectivity index (χ3n) is 7.17. The first-order chi connectivity index (χ1) is 14.5. The summed E-state index contributed by atoms with van der Waals surface area (Å²) in [7, 11) is 0. The van der Waals surface area contributed by atoms with Crippen LogP contribution in [0, 0.1) is 0 Å². The van der Waals surface area contributed by atoms with Gasteiger partial charge in [0.25, 0.3) is 0 Å². The third-order valence-corrected chi connectivity index (χ3v) is 7.17. The monoisotopic (exact) mass is 438 g/mol. The molecule has 1 unspecified atom stereocenters. The minimum absolute atomic E-state index is 0.0854. The molecule has 0 spiro atoms. The van der Waals surface area contributed by atoms with Crippen LogP contribution in [0.5, 0.6) is 0 Å². The van der Waals surface area contributed by atoms with Crippen LogP contribution in [0.3, 0.4) is 0 Å². The van der Waals surface area contributed by atoms with E-state index in [2.05, 4.69) is 51.4 Å². The molecular formula is C25H46N2O4. The Kier molecular flexibility index (Phi) is 11.6. The first-order valence-electron chi connectivity index (χ1n) is 12.2. The third kappa shape index (κ3) is 9.22. The average Bonchev–Trinajstić information content (AvgIpc) is 3.09. The summed E-state index contributed by atoms with van der Waals surface area (Å²) in [5.41, 5.74) is 0.439. The van der Waals surface area contributed by atoms with Gasteiger partial charge in [0.2, 0.25) is 0 Å². The molecular weight excluding hydrogens is 392 g/mol. The fraction of sp³-hybridized carbons (Fsp3) is 0.840. The van der Waals surface area contributed by atoms with Crippen molar-refractivity contribution >= 4 is 12.1 Å². The Bertz CT molecular complexity index is 572. The molecule has 0 saturated carbocycles. The van der Waals surface area contributed by atoms with Crippen molar-refractivity contribution in [3.05, 3.63) is 12.2 Å². The zero-order valence-electron chi connectivity index (χ0n) is 20.6. The molecule has 0 radical (unpaired) electrons. The Hall–Kier alpha value is -1.56. The minimum atomic E-state index is -0.975. The summed E-state index contributed by atoms with van der Waals surface area (Å²) in [4.78, 5) is 25.7. The topological polar surface area (TPSA) is 78.6 Å². The molecule has 0 aromatic carbocycles. The van der Waals surface area contributed by atoms with Gasteiger partial charge in [0.05, 0.1) is 0 Å². The maximum Gasteiger partial charge on any atom is 0.407 e. The van der Waals surface area contributed by atoms with E-state index in [0.29, 0.717) is 26.0 Å². The molecule has 1 heterocycles. The van der Waals surface area contributed by atoms with Crippen LogP contribution in [0.15, 0.2) is 12.2 Å². The molecule has 1 aliphatic heterocycles. The van der Waals surface area contributed by atoms with Crippen molar-refractivity contribution in [1.82, 2.24) is 10.2 Å². The van der Waals surface area contributed by atoms with E-state index >= 15 is 0 Å². The highest BCUT2D eigenvalue weighted by Gasteiger charge is 2.62. The molecule has 1 atom stereocenters. The van der Waals surface area contributed by atoms with E-state index in [9.17, 15) is 9.59 Å². The van der Waals surface area contributed by atoms with Crippen molar-refractivity contribution in [2.75, 3.05) is 13.2 Å². The zero-order valence-corrected chi connectivity index (χ0v) is 20.6. The van der Waals surface area contributed by atoms with Gasteiger partial charge in [0.1, 0.15) is 6.61 Å². The van der Waals surface area contributed by atoms with Gasteiger partial charge >= 0.3 is 12.1 Å². The summed E-state index contributed by atoms with van der Waals surface area (Å²) >= 11 is 0. The molecule has 1 rings (SSSR count). The molecule has 1 aliphatic rings. The first-order valence-corrected chi connectivity index (χ1v) is 12.2. The molecule has 2 N–H and O–H groups in total. The van der Waals surface area contributed by atoms with E-state index in [4.69, 9.17) is 9.84 Å². The van der Waals surface area contributed by atoms with E-state index < -0.39 is 12.1 Å². The number of carboxylic acids is 1. The van der Waals surface area contributed by atoms with Crippen LogP contribution < -0.4 is 5.32 Å². The van der Waals surface area contributed by atoms with Gasteiger partial charge in [-0.2, -0.15) is 0 Å². The fourth-order valence-electron chi connectivity index (χ4n) is 4.29. The highest BCUT2D eigenvalue weighted by molar-refractivity contribution is 5.85. The highest BCUT2D eigenvalue weighted by Crippen LogP contribution is 2.50. The summed E-state index contributed by atoms with van der Waals surface area (Å²) in [5, 5.41) is 12.0. The molecule has 0 aliphatic carbocycles. The number of hydrogen-bond donors (Lipinski definition) is 2. The summed E-state index contributed by atoms with van der Waals surface area (Å²) in [6.45, 7) is 15.7. The van der Waals surface area contributed by atoms with Gasteiger partial charge in [0.15, 0.2) is 0 Å². The lowest BCUT2D eigenvalue weighted by Gasteiger charge is -2.19. The molecule has 0 aromatic heterocycles. The van der Waals surface area contributed by atoms with Gasteiger partial charge in [-0.25, -0.2) is 9.59 Å².